The number of hydrogen-bond donors (Lipinski definition) is 2. The molecule has 23 heavy (non-hydrogen) atoms. The molecule has 0 atom stereocenters. The Hall–Kier alpha value is -2.16. The van der Waals surface area contributed by atoms with Crippen molar-refractivity contribution in [1.82, 2.24) is 0 Å². The molecule has 0 aliphatic carbocycles. The van der Waals surface area contributed by atoms with E-state index in [-0.39, 0.29) is 17.4 Å². The summed E-state index contributed by atoms with van der Waals surface area (Å²) in [5, 5.41) is 21.7. The van der Waals surface area contributed by atoms with E-state index in [0.717, 1.165) is 5.56 Å². The van der Waals surface area contributed by atoms with Crippen molar-refractivity contribution < 1.29 is 10.2 Å². The Labute approximate surface area is 144 Å². The first-order valence-electron chi connectivity index (χ1n) is 7.08. The highest BCUT2D eigenvalue weighted by molar-refractivity contribution is 6.31. The van der Waals surface area contributed by atoms with E-state index in [1.165, 1.54) is 0 Å². The second-order valence-corrected chi connectivity index (χ2v) is 6.12. The van der Waals surface area contributed by atoms with Crippen LogP contribution in [0.2, 0.25) is 10.0 Å². The minimum Gasteiger partial charge on any atom is -0.508 e. The summed E-state index contributed by atoms with van der Waals surface area (Å²) in [7, 11) is 0. The molecule has 2 nitrogen and oxygen atoms in total. The fraction of sp³-hybridized carbons (Fsp3) is 0.0526. The summed E-state index contributed by atoms with van der Waals surface area (Å²) in [5.74, 6) is -0.154. The number of hydrogen-bond acceptors (Lipinski definition) is 2. The minimum absolute atomic E-state index is 0.114. The second kappa shape index (κ2) is 6.53. The van der Waals surface area contributed by atoms with E-state index in [4.69, 9.17) is 23.2 Å². The highest BCUT2D eigenvalue weighted by Crippen LogP contribution is 2.42. The lowest BCUT2D eigenvalue weighted by molar-refractivity contribution is 0.458. The minimum atomic E-state index is -0.381. The van der Waals surface area contributed by atoms with Gasteiger partial charge in [0.1, 0.15) is 11.5 Å². The Morgan fingerprint density at radius 1 is 0.652 bits per heavy atom. The summed E-state index contributed by atoms with van der Waals surface area (Å²) in [5.41, 5.74) is 2.14. The lowest BCUT2D eigenvalue weighted by Gasteiger charge is -2.21. The molecule has 0 aliphatic heterocycles. The van der Waals surface area contributed by atoms with E-state index >= 15 is 0 Å². The largest absolute Gasteiger partial charge is 0.508 e. The van der Waals surface area contributed by atoms with E-state index in [1.807, 2.05) is 30.3 Å². The third-order valence-electron chi connectivity index (χ3n) is 3.73. The van der Waals surface area contributed by atoms with E-state index in [1.54, 1.807) is 36.4 Å². The SMILES string of the molecule is Oc1ccc(Cl)cc1C(c1ccccc1)c1cc(Cl)ccc1O. The van der Waals surface area contributed by atoms with Crippen molar-refractivity contribution in [3.05, 3.63) is 93.5 Å². The first kappa shape index (κ1) is 15.7. The molecule has 3 aromatic carbocycles. The normalized spacial score (nSPS) is 10.9. The van der Waals surface area contributed by atoms with Crippen LogP contribution in [0.5, 0.6) is 11.5 Å². The van der Waals surface area contributed by atoms with Gasteiger partial charge in [-0.25, -0.2) is 0 Å². The Balaban J connectivity index is 2.27. The Kier molecular flexibility index (Phi) is 4.46. The molecule has 0 aliphatic rings. The fourth-order valence-electron chi connectivity index (χ4n) is 2.69. The molecule has 0 radical (unpaired) electrons. The zero-order valence-corrected chi connectivity index (χ0v) is 13.6. The van der Waals surface area contributed by atoms with Crippen molar-refractivity contribution in [2.45, 2.75) is 5.92 Å². The molecular formula is C19H14Cl2O2. The summed E-state index contributed by atoms with van der Waals surface area (Å²) >= 11 is 12.2. The van der Waals surface area contributed by atoms with Gasteiger partial charge in [0.2, 0.25) is 0 Å². The fourth-order valence-corrected chi connectivity index (χ4v) is 3.05. The number of halogens is 2. The van der Waals surface area contributed by atoms with Crippen LogP contribution in [0.1, 0.15) is 22.6 Å². The van der Waals surface area contributed by atoms with Gasteiger partial charge in [0, 0.05) is 27.1 Å². The zero-order chi connectivity index (χ0) is 16.4. The van der Waals surface area contributed by atoms with Gasteiger partial charge < -0.3 is 10.2 Å². The number of phenols is 2. The van der Waals surface area contributed by atoms with Crippen LogP contribution in [0.3, 0.4) is 0 Å². The molecule has 0 fully saturated rings. The van der Waals surface area contributed by atoms with Crippen molar-refractivity contribution in [2.75, 3.05) is 0 Å². The lowest BCUT2D eigenvalue weighted by Crippen LogP contribution is -2.04. The molecule has 0 unspecified atom stereocenters. The summed E-state index contributed by atoms with van der Waals surface area (Å²) in [6.07, 6.45) is 0. The van der Waals surface area contributed by atoms with Gasteiger partial charge >= 0.3 is 0 Å². The first-order valence-corrected chi connectivity index (χ1v) is 7.83. The molecule has 2 N–H and O–H groups in total. The van der Waals surface area contributed by atoms with Gasteiger partial charge in [0.05, 0.1) is 0 Å². The molecule has 4 heteroatoms. The Bertz CT molecular complexity index is 781. The molecule has 0 saturated heterocycles. The van der Waals surface area contributed by atoms with Gasteiger partial charge in [-0.2, -0.15) is 0 Å². The van der Waals surface area contributed by atoms with Crippen LogP contribution in [-0.2, 0) is 0 Å². The number of aromatic hydroxyl groups is 2. The monoisotopic (exact) mass is 344 g/mol. The predicted molar refractivity (Wildman–Crippen MR) is 93.6 cm³/mol. The van der Waals surface area contributed by atoms with Crippen LogP contribution in [-0.4, -0.2) is 10.2 Å². The second-order valence-electron chi connectivity index (χ2n) is 5.25. The topological polar surface area (TPSA) is 40.5 Å². The van der Waals surface area contributed by atoms with Gasteiger partial charge in [-0.15, -0.1) is 0 Å². The number of rotatable bonds is 3. The average molecular weight is 345 g/mol. The summed E-state index contributed by atoms with van der Waals surface area (Å²) in [6, 6.07) is 19.4. The summed E-state index contributed by atoms with van der Waals surface area (Å²) in [4.78, 5) is 0. The Morgan fingerprint density at radius 3 is 1.61 bits per heavy atom. The molecule has 0 saturated carbocycles. The standard InChI is InChI=1S/C19H14Cl2O2/c20-13-6-8-17(22)15(10-13)19(12-4-2-1-3-5-12)16-11-14(21)7-9-18(16)23/h1-11,19,22-23H. The summed E-state index contributed by atoms with van der Waals surface area (Å²) < 4.78 is 0. The molecule has 0 heterocycles. The van der Waals surface area contributed by atoms with Crippen molar-refractivity contribution >= 4 is 23.2 Å². The number of phenolic OH excluding ortho intramolecular Hbond substituents is 2. The maximum atomic E-state index is 10.3. The molecule has 0 bridgehead atoms. The third-order valence-corrected chi connectivity index (χ3v) is 4.20. The highest BCUT2D eigenvalue weighted by atomic mass is 35.5. The van der Waals surface area contributed by atoms with Gasteiger partial charge in [-0.1, -0.05) is 53.5 Å². The first-order chi connectivity index (χ1) is 11.1. The van der Waals surface area contributed by atoms with Gasteiger partial charge in [-0.3, -0.25) is 0 Å². The van der Waals surface area contributed by atoms with Crippen molar-refractivity contribution in [3.8, 4) is 11.5 Å². The van der Waals surface area contributed by atoms with Crippen LogP contribution < -0.4 is 0 Å². The molecule has 0 spiro atoms. The maximum Gasteiger partial charge on any atom is 0.119 e. The predicted octanol–water partition coefficient (Wildman–Crippen LogP) is 5.58. The smallest absolute Gasteiger partial charge is 0.119 e. The van der Waals surface area contributed by atoms with Crippen molar-refractivity contribution in [1.29, 1.82) is 0 Å². The van der Waals surface area contributed by atoms with Crippen LogP contribution in [0.4, 0.5) is 0 Å². The van der Waals surface area contributed by atoms with E-state index < -0.39 is 0 Å². The maximum absolute atomic E-state index is 10.3. The highest BCUT2D eigenvalue weighted by Gasteiger charge is 2.23. The van der Waals surface area contributed by atoms with Crippen molar-refractivity contribution in [3.63, 3.8) is 0 Å². The molecule has 116 valence electrons. The third kappa shape index (κ3) is 3.29. The van der Waals surface area contributed by atoms with Crippen LogP contribution in [0.25, 0.3) is 0 Å². The Morgan fingerprint density at radius 2 is 1.13 bits per heavy atom. The van der Waals surface area contributed by atoms with Crippen molar-refractivity contribution in [2.24, 2.45) is 0 Å². The molecular weight excluding hydrogens is 331 g/mol. The quantitative estimate of drug-likeness (QED) is 0.608. The molecule has 0 amide bonds. The van der Waals surface area contributed by atoms with E-state index in [9.17, 15) is 10.2 Å². The number of benzene rings is 3. The summed E-state index contributed by atoms with van der Waals surface area (Å²) in [6.45, 7) is 0. The van der Waals surface area contributed by atoms with Crippen LogP contribution in [0, 0.1) is 0 Å². The average Bonchev–Trinajstić information content (AvgIpc) is 2.55. The molecule has 0 aromatic heterocycles. The van der Waals surface area contributed by atoms with E-state index in [0.29, 0.717) is 21.2 Å². The molecule has 3 aromatic rings. The van der Waals surface area contributed by atoms with Crippen LogP contribution >= 0.6 is 23.2 Å². The van der Waals surface area contributed by atoms with Crippen LogP contribution in [0.15, 0.2) is 66.7 Å². The van der Waals surface area contributed by atoms with Gasteiger partial charge in [0.25, 0.3) is 0 Å². The molecule has 3 rings (SSSR count). The van der Waals surface area contributed by atoms with Gasteiger partial charge in [-0.05, 0) is 42.0 Å². The van der Waals surface area contributed by atoms with E-state index in [2.05, 4.69) is 0 Å². The lowest BCUT2D eigenvalue weighted by atomic mass is 9.84. The zero-order valence-electron chi connectivity index (χ0n) is 12.1. The van der Waals surface area contributed by atoms with Gasteiger partial charge in [0.15, 0.2) is 0 Å².